The molecule has 0 radical (unpaired) electrons. The summed E-state index contributed by atoms with van der Waals surface area (Å²) in [4.78, 5) is 9.26. The van der Waals surface area contributed by atoms with E-state index in [0.717, 1.165) is 37.9 Å². The lowest BCUT2D eigenvalue weighted by molar-refractivity contribution is 0.648. The zero-order valence-electron chi connectivity index (χ0n) is 11.7. The monoisotopic (exact) mass is 288 g/mol. The highest BCUT2D eigenvalue weighted by Gasteiger charge is 2.20. The van der Waals surface area contributed by atoms with Crippen LogP contribution in [-0.2, 0) is 6.54 Å². The largest absolute Gasteiger partial charge is 0.368 e. The molecule has 3 rings (SSSR count). The number of piperazine rings is 1. The highest BCUT2D eigenvalue weighted by molar-refractivity contribution is 7.13. The Labute approximate surface area is 124 Å². The van der Waals surface area contributed by atoms with E-state index in [1.165, 1.54) is 11.3 Å². The summed E-state index contributed by atoms with van der Waals surface area (Å²) in [6, 6.07) is 8.68. The van der Waals surface area contributed by atoms with E-state index in [2.05, 4.69) is 44.4 Å². The van der Waals surface area contributed by atoms with Crippen LogP contribution in [0.15, 0.2) is 35.8 Å². The first-order valence-electron chi connectivity index (χ1n) is 7.00. The summed E-state index contributed by atoms with van der Waals surface area (Å²) in [5.41, 5.74) is 2.73. The maximum Gasteiger partial charge on any atom is 0.185 e. The standard InChI is InChI=1S/C15H20N4S/c1-16-12-13-4-2-3-5-14(13)18-7-9-19(10-8-18)15-17-6-11-20-15/h2-6,11,16H,7-10,12H2,1H3. The molecule has 5 heteroatoms. The van der Waals surface area contributed by atoms with Gasteiger partial charge in [0, 0.05) is 50.0 Å². The summed E-state index contributed by atoms with van der Waals surface area (Å²) in [6.45, 7) is 5.12. The highest BCUT2D eigenvalue weighted by atomic mass is 32.1. The minimum absolute atomic E-state index is 0.920. The molecule has 0 atom stereocenters. The first-order valence-corrected chi connectivity index (χ1v) is 7.88. The Balaban J connectivity index is 1.69. The Kier molecular flexibility index (Phi) is 4.18. The number of nitrogens with zero attached hydrogens (tertiary/aromatic N) is 3. The average Bonchev–Trinajstić information content (AvgIpc) is 3.03. The van der Waals surface area contributed by atoms with Crippen molar-refractivity contribution in [2.24, 2.45) is 0 Å². The number of hydrogen-bond acceptors (Lipinski definition) is 5. The maximum absolute atomic E-state index is 4.40. The van der Waals surface area contributed by atoms with Gasteiger partial charge >= 0.3 is 0 Å². The van der Waals surface area contributed by atoms with Gasteiger partial charge in [0.2, 0.25) is 0 Å². The van der Waals surface area contributed by atoms with E-state index < -0.39 is 0 Å². The molecule has 0 amide bonds. The van der Waals surface area contributed by atoms with Crippen LogP contribution in [-0.4, -0.2) is 38.2 Å². The Bertz CT molecular complexity index is 533. The van der Waals surface area contributed by atoms with E-state index in [4.69, 9.17) is 0 Å². The Morgan fingerprint density at radius 3 is 2.60 bits per heavy atom. The first-order chi connectivity index (χ1) is 9.88. The van der Waals surface area contributed by atoms with Crippen LogP contribution in [0.3, 0.4) is 0 Å². The third-order valence-corrected chi connectivity index (χ3v) is 4.50. The van der Waals surface area contributed by atoms with Crippen molar-refractivity contribution in [2.45, 2.75) is 6.54 Å². The molecule has 1 fully saturated rings. The highest BCUT2D eigenvalue weighted by Crippen LogP contribution is 2.24. The molecule has 0 spiro atoms. The van der Waals surface area contributed by atoms with E-state index in [9.17, 15) is 0 Å². The quantitative estimate of drug-likeness (QED) is 0.934. The molecule has 0 bridgehead atoms. The third kappa shape index (κ3) is 2.78. The number of nitrogens with one attached hydrogen (secondary N) is 1. The minimum atomic E-state index is 0.920. The van der Waals surface area contributed by atoms with Crippen molar-refractivity contribution in [1.82, 2.24) is 10.3 Å². The number of benzene rings is 1. The number of hydrogen-bond donors (Lipinski definition) is 1. The van der Waals surface area contributed by atoms with Crippen LogP contribution in [0.1, 0.15) is 5.56 Å². The molecule has 1 aliphatic heterocycles. The summed E-state index contributed by atoms with van der Waals surface area (Å²) < 4.78 is 0. The fraction of sp³-hybridized carbons (Fsp3) is 0.400. The molecule has 1 aromatic carbocycles. The zero-order chi connectivity index (χ0) is 13.8. The molecular formula is C15H20N4S. The molecule has 1 aromatic heterocycles. The second-order valence-electron chi connectivity index (χ2n) is 4.95. The van der Waals surface area contributed by atoms with Gasteiger partial charge in [0.1, 0.15) is 0 Å². The van der Waals surface area contributed by atoms with Gasteiger partial charge in [-0.2, -0.15) is 0 Å². The van der Waals surface area contributed by atoms with Crippen LogP contribution >= 0.6 is 11.3 Å². The predicted molar refractivity (Wildman–Crippen MR) is 85.7 cm³/mol. The van der Waals surface area contributed by atoms with Crippen LogP contribution in [0.25, 0.3) is 0 Å². The van der Waals surface area contributed by atoms with Gasteiger partial charge in [0.15, 0.2) is 5.13 Å². The van der Waals surface area contributed by atoms with Crippen molar-refractivity contribution in [1.29, 1.82) is 0 Å². The van der Waals surface area contributed by atoms with Crippen molar-refractivity contribution < 1.29 is 0 Å². The number of para-hydroxylation sites is 1. The van der Waals surface area contributed by atoms with E-state index in [1.807, 2.05) is 18.6 Å². The van der Waals surface area contributed by atoms with Gasteiger partial charge in [0.05, 0.1) is 0 Å². The van der Waals surface area contributed by atoms with Crippen molar-refractivity contribution in [3.8, 4) is 0 Å². The van der Waals surface area contributed by atoms with Crippen LogP contribution in [0, 0.1) is 0 Å². The van der Waals surface area contributed by atoms with Crippen molar-refractivity contribution in [2.75, 3.05) is 43.0 Å². The van der Waals surface area contributed by atoms with Crippen molar-refractivity contribution in [3.63, 3.8) is 0 Å². The molecule has 1 N–H and O–H groups in total. The maximum atomic E-state index is 4.40. The second-order valence-corrected chi connectivity index (χ2v) is 5.82. The molecule has 20 heavy (non-hydrogen) atoms. The van der Waals surface area contributed by atoms with Gasteiger partial charge in [-0.3, -0.25) is 0 Å². The lowest BCUT2D eigenvalue weighted by atomic mass is 10.1. The second kappa shape index (κ2) is 6.24. The lowest BCUT2D eigenvalue weighted by Crippen LogP contribution is -2.46. The normalized spacial score (nSPS) is 15.7. The Hall–Kier alpha value is -1.59. The van der Waals surface area contributed by atoms with E-state index >= 15 is 0 Å². The number of anilines is 2. The molecule has 106 valence electrons. The number of rotatable bonds is 4. The topological polar surface area (TPSA) is 31.4 Å². The van der Waals surface area contributed by atoms with E-state index in [-0.39, 0.29) is 0 Å². The Morgan fingerprint density at radius 1 is 1.15 bits per heavy atom. The molecule has 4 nitrogen and oxygen atoms in total. The summed E-state index contributed by atoms with van der Waals surface area (Å²) in [5.74, 6) is 0. The molecule has 2 heterocycles. The number of aromatic nitrogens is 1. The summed E-state index contributed by atoms with van der Waals surface area (Å²) >= 11 is 1.72. The smallest absolute Gasteiger partial charge is 0.185 e. The van der Waals surface area contributed by atoms with Crippen LogP contribution in [0.2, 0.25) is 0 Å². The first kappa shape index (κ1) is 13.4. The lowest BCUT2D eigenvalue weighted by Gasteiger charge is -2.36. The van der Waals surface area contributed by atoms with Gasteiger partial charge in [0.25, 0.3) is 0 Å². The molecule has 0 saturated carbocycles. The molecule has 2 aromatic rings. The summed E-state index contributed by atoms with van der Waals surface area (Å²) in [6.07, 6.45) is 1.88. The van der Waals surface area contributed by atoms with Crippen LogP contribution in [0.4, 0.5) is 10.8 Å². The van der Waals surface area contributed by atoms with Gasteiger partial charge in [-0.25, -0.2) is 4.98 Å². The van der Waals surface area contributed by atoms with E-state index in [0.29, 0.717) is 0 Å². The molecule has 1 saturated heterocycles. The predicted octanol–water partition coefficient (Wildman–Crippen LogP) is 2.19. The SMILES string of the molecule is CNCc1ccccc1N1CCN(c2nccs2)CC1. The van der Waals surface area contributed by atoms with E-state index in [1.54, 1.807) is 11.3 Å². The third-order valence-electron chi connectivity index (χ3n) is 3.67. The summed E-state index contributed by atoms with van der Waals surface area (Å²) in [7, 11) is 2.00. The molecule has 1 aliphatic rings. The van der Waals surface area contributed by atoms with Crippen LogP contribution in [0.5, 0.6) is 0 Å². The van der Waals surface area contributed by atoms with Crippen molar-refractivity contribution >= 4 is 22.2 Å². The van der Waals surface area contributed by atoms with Gasteiger partial charge in [-0.1, -0.05) is 18.2 Å². The average molecular weight is 288 g/mol. The number of thiazole rings is 1. The van der Waals surface area contributed by atoms with Gasteiger partial charge in [-0.05, 0) is 18.7 Å². The zero-order valence-corrected chi connectivity index (χ0v) is 12.6. The minimum Gasteiger partial charge on any atom is -0.368 e. The molecular weight excluding hydrogens is 268 g/mol. The fourth-order valence-corrected chi connectivity index (χ4v) is 3.37. The van der Waals surface area contributed by atoms with Crippen LogP contribution < -0.4 is 15.1 Å². The van der Waals surface area contributed by atoms with Gasteiger partial charge < -0.3 is 15.1 Å². The molecule has 0 unspecified atom stereocenters. The fourth-order valence-electron chi connectivity index (χ4n) is 2.67. The van der Waals surface area contributed by atoms with Crippen molar-refractivity contribution in [3.05, 3.63) is 41.4 Å². The Morgan fingerprint density at radius 2 is 1.90 bits per heavy atom. The van der Waals surface area contributed by atoms with Gasteiger partial charge in [-0.15, -0.1) is 11.3 Å². The summed E-state index contributed by atoms with van der Waals surface area (Å²) in [5, 5.41) is 6.44. The molecule has 0 aliphatic carbocycles.